The second kappa shape index (κ2) is 11.1. The minimum absolute atomic E-state index is 0.155. The average molecular weight is 400 g/mol. The maximum Gasteiger partial charge on any atom is 0.220 e. The first kappa shape index (κ1) is 20.7. The highest BCUT2D eigenvalue weighted by Crippen LogP contribution is 2.15. The van der Waals surface area contributed by atoms with Gasteiger partial charge in [0, 0.05) is 49.9 Å². The predicted octanol–water partition coefficient (Wildman–Crippen LogP) is 3.99. The first-order valence-electron chi connectivity index (χ1n) is 10.2. The molecule has 150 valence electrons. The Hall–Kier alpha value is -2.04. The van der Waals surface area contributed by atoms with Crippen molar-refractivity contribution in [2.45, 2.75) is 25.7 Å². The number of anilines is 1. The highest BCUT2D eigenvalue weighted by atomic mass is 35.5. The minimum atomic E-state index is 0.155. The lowest BCUT2D eigenvalue weighted by atomic mass is 10.1. The average Bonchev–Trinajstić information content (AvgIpc) is 2.74. The van der Waals surface area contributed by atoms with Crippen molar-refractivity contribution >= 4 is 23.2 Å². The molecule has 0 saturated carbocycles. The predicted molar refractivity (Wildman–Crippen MR) is 117 cm³/mol. The van der Waals surface area contributed by atoms with Crippen molar-refractivity contribution in [1.82, 2.24) is 10.2 Å². The molecule has 1 aliphatic rings. The number of piperazine rings is 1. The number of para-hydroxylation sites is 1. The molecular formula is C23H30ClN3O. The fourth-order valence-electron chi connectivity index (χ4n) is 3.59. The Morgan fingerprint density at radius 2 is 1.64 bits per heavy atom. The van der Waals surface area contributed by atoms with Gasteiger partial charge in [0.2, 0.25) is 5.91 Å². The summed E-state index contributed by atoms with van der Waals surface area (Å²) in [4.78, 5) is 16.9. The molecule has 0 radical (unpaired) electrons. The van der Waals surface area contributed by atoms with Crippen molar-refractivity contribution in [3.05, 3.63) is 65.2 Å². The first-order valence-corrected chi connectivity index (χ1v) is 10.6. The second-order valence-electron chi connectivity index (χ2n) is 7.35. The Morgan fingerprint density at radius 1 is 0.929 bits per heavy atom. The number of amides is 1. The number of aryl methyl sites for hydroxylation is 1. The van der Waals surface area contributed by atoms with Gasteiger partial charge in [-0.3, -0.25) is 9.69 Å². The van der Waals surface area contributed by atoms with Crippen LogP contribution in [-0.2, 0) is 11.2 Å². The number of nitrogens with zero attached hydrogens (tertiary/aromatic N) is 2. The number of benzene rings is 2. The number of rotatable bonds is 9. The Morgan fingerprint density at radius 3 is 2.36 bits per heavy atom. The van der Waals surface area contributed by atoms with Crippen LogP contribution in [0.15, 0.2) is 54.6 Å². The van der Waals surface area contributed by atoms with Crippen LogP contribution in [0.1, 0.15) is 24.8 Å². The van der Waals surface area contributed by atoms with Crippen LogP contribution < -0.4 is 10.2 Å². The van der Waals surface area contributed by atoms with Crippen molar-refractivity contribution < 1.29 is 4.79 Å². The quantitative estimate of drug-likeness (QED) is 0.647. The van der Waals surface area contributed by atoms with Crippen LogP contribution >= 0.6 is 11.6 Å². The van der Waals surface area contributed by atoms with Gasteiger partial charge in [0.25, 0.3) is 0 Å². The fraction of sp³-hybridized carbons (Fsp3) is 0.435. The van der Waals surface area contributed by atoms with E-state index in [0.717, 1.165) is 63.6 Å². The normalized spacial score (nSPS) is 14.8. The molecule has 1 heterocycles. The maximum atomic E-state index is 12.0. The van der Waals surface area contributed by atoms with Crippen molar-refractivity contribution in [3.8, 4) is 0 Å². The van der Waals surface area contributed by atoms with E-state index in [1.54, 1.807) is 0 Å². The summed E-state index contributed by atoms with van der Waals surface area (Å²) >= 11 is 5.89. The maximum absolute atomic E-state index is 12.0. The Labute approximate surface area is 173 Å². The second-order valence-corrected chi connectivity index (χ2v) is 7.78. The molecule has 0 unspecified atom stereocenters. The lowest BCUT2D eigenvalue weighted by Crippen LogP contribution is -2.47. The molecule has 0 bridgehead atoms. The van der Waals surface area contributed by atoms with E-state index < -0.39 is 0 Å². The monoisotopic (exact) mass is 399 g/mol. The van der Waals surface area contributed by atoms with E-state index in [0.29, 0.717) is 6.42 Å². The topological polar surface area (TPSA) is 35.6 Å². The van der Waals surface area contributed by atoms with Crippen LogP contribution in [0.5, 0.6) is 0 Å². The summed E-state index contributed by atoms with van der Waals surface area (Å²) < 4.78 is 0. The summed E-state index contributed by atoms with van der Waals surface area (Å²) in [6, 6.07) is 18.5. The third-order valence-corrected chi connectivity index (χ3v) is 5.50. The van der Waals surface area contributed by atoms with Gasteiger partial charge in [-0.1, -0.05) is 41.9 Å². The summed E-state index contributed by atoms with van der Waals surface area (Å²) in [5.41, 5.74) is 2.54. The van der Waals surface area contributed by atoms with Gasteiger partial charge in [-0.25, -0.2) is 0 Å². The number of hydrogen-bond donors (Lipinski definition) is 1. The fourth-order valence-corrected chi connectivity index (χ4v) is 3.72. The van der Waals surface area contributed by atoms with Gasteiger partial charge in [-0.15, -0.1) is 0 Å². The summed E-state index contributed by atoms with van der Waals surface area (Å²) in [5.74, 6) is 0.155. The Kier molecular flexibility index (Phi) is 8.19. The third-order valence-electron chi connectivity index (χ3n) is 5.25. The van der Waals surface area contributed by atoms with E-state index >= 15 is 0 Å². The van der Waals surface area contributed by atoms with E-state index in [2.05, 4.69) is 45.4 Å². The standard InChI is InChI=1S/C23H30ClN3O/c24-21-12-10-20(11-13-21)6-4-9-23(28)25-14-5-15-26-16-18-27(19-17-26)22-7-2-1-3-8-22/h1-3,7-8,10-13H,4-6,9,14-19H2,(H,25,28). The minimum Gasteiger partial charge on any atom is -0.369 e. The molecule has 4 nitrogen and oxygen atoms in total. The van der Waals surface area contributed by atoms with E-state index in [9.17, 15) is 4.79 Å². The molecule has 0 aliphatic carbocycles. The third kappa shape index (κ3) is 6.84. The lowest BCUT2D eigenvalue weighted by molar-refractivity contribution is -0.121. The molecule has 5 heteroatoms. The number of hydrogen-bond acceptors (Lipinski definition) is 3. The zero-order valence-electron chi connectivity index (χ0n) is 16.4. The van der Waals surface area contributed by atoms with Crippen LogP contribution in [0.4, 0.5) is 5.69 Å². The largest absolute Gasteiger partial charge is 0.369 e. The highest BCUT2D eigenvalue weighted by molar-refractivity contribution is 6.30. The molecule has 1 saturated heterocycles. The number of nitrogens with one attached hydrogen (secondary N) is 1. The smallest absolute Gasteiger partial charge is 0.220 e. The van der Waals surface area contributed by atoms with Crippen LogP contribution in [0, 0.1) is 0 Å². The molecule has 2 aromatic rings. The van der Waals surface area contributed by atoms with E-state index in [1.165, 1.54) is 11.3 Å². The molecule has 1 fully saturated rings. The SMILES string of the molecule is O=C(CCCc1ccc(Cl)cc1)NCCCN1CCN(c2ccccc2)CC1. The molecule has 1 N–H and O–H groups in total. The van der Waals surface area contributed by atoms with Gasteiger partial charge in [0.1, 0.15) is 0 Å². The van der Waals surface area contributed by atoms with Gasteiger partial charge in [-0.05, 0) is 55.6 Å². The summed E-state index contributed by atoms with van der Waals surface area (Å²) in [6.07, 6.45) is 3.37. The van der Waals surface area contributed by atoms with E-state index in [-0.39, 0.29) is 5.91 Å². The van der Waals surface area contributed by atoms with E-state index in [1.807, 2.05) is 24.3 Å². The van der Waals surface area contributed by atoms with Gasteiger partial charge in [0.15, 0.2) is 0 Å². The summed E-state index contributed by atoms with van der Waals surface area (Å²) in [7, 11) is 0. The number of carbonyl (C=O) groups is 1. The molecule has 2 aromatic carbocycles. The summed E-state index contributed by atoms with van der Waals surface area (Å²) in [5, 5.41) is 3.81. The zero-order valence-corrected chi connectivity index (χ0v) is 17.2. The van der Waals surface area contributed by atoms with Gasteiger partial charge in [0.05, 0.1) is 0 Å². The van der Waals surface area contributed by atoms with Gasteiger partial charge >= 0.3 is 0 Å². The van der Waals surface area contributed by atoms with Crippen molar-refractivity contribution in [3.63, 3.8) is 0 Å². The molecule has 0 spiro atoms. The molecule has 1 aliphatic heterocycles. The Bertz CT molecular complexity index is 712. The molecule has 3 rings (SSSR count). The number of halogens is 1. The van der Waals surface area contributed by atoms with E-state index in [4.69, 9.17) is 11.6 Å². The molecule has 28 heavy (non-hydrogen) atoms. The van der Waals surface area contributed by atoms with Gasteiger partial charge in [-0.2, -0.15) is 0 Å². The van der Waals surface area contributed by atoms with Crippen LogP contribution in [-0.4, -0.2) is 50.1 Å². The Balaban J connectivity index is 1.23. The number of carbonyl (C=O) groups excluding carboxylic acids is 1. The van der Waals surface area contributed by atoms with Crippen LogP contribution in [0.2, 0.25) is 5.02 Å². The van der Waals surface area contributed by atoms with Gasteiger partial charge < -0.3 is 10.2 Å². The van der Waals surface area contributed by atoms with Crippen LogP contribution in [0.25, 0.3) is 0 Å². The van der Waals surface area contributed by atoms with Crippen molar-refractivity contribution in [2.24, 2.45) is 0 Å². The summed E-state index contributed by atoms with van der Waals surface area (Å²) in [6.45, 7) is 6.13. The molecule has 0 atom stereocenters. The molecule has 1 amide bonds. The molecular weight excluding hydrogens is 370 g/mol. The lowest BCUT2D eigenvalue weighted by Gasteiger charge is -2.36. The zero-order chi connectivity index (χ0) is 19.6. The van der Waals surface area contributed by atoms with Crippen LogP contribution in [0.3, 0.4) is 0 Å². The van der Waals surface area contributed by atoms with Crippen molar-refractivity contribution in [1.29, 1.82) is 0 Å². The highest BCUT2D eigenvalue weighted by Gasteiger charge is 2.16. The molecule has 0 aromatic heterocycles. The van der Waals surface area contributed by atoms with Crippen molar-refractivity contribution in [2.75, 3.05) is 44.2 Å². The first-order chi connectivity index (χ1) is 13.7.